The van der Waals surface area contributed by atoms with E-state index in [1.54, 1.807) is 0 Å². The normalized spacial score (nSPS) is 17.4. The lowest BCUT2D eigenvalue weighted by molar-refractivity contribution is -0.115. The Morgan fingerprint density at radius 1 is 1.18 bits per heavy atom. The van der Waals surface area contributed by atoms with Crippen LogP contribution in [0.5, 0.6) is 11.5 Å². The molecule has 1 aliphatic heterocycles. The molecule has 1 atom stereocenters. The molecular formula is C26H33N5O2. The number of ether oxygens (including phenoxy) is 1. The number of aliphatic imine (C=N–C) groups is 1. The van der Waals surface area contributed by atoms with Crippen LogP contribution < -0.4 is 21.5 Å². The minimum absolute atomic E-state index is 0.0435. The van der Waals surface area contributed by atoms with Crippen molar-refractivity contribution in [3.8, 4) is 11.5 Å². The molecule has 5 N–H and O–H groups in total. The summed E-state index contributed by atoms with van der Waals surface area (Å²) in [7, 11) is 0. The molecule has 1 heterocycles. The summed E-state index contributed by atoms with van der Waals surface area (Å²) in [6.07, 6.45) is 2.36. The van der Waals surface area contributed by atoms with E-state index in [2.05, 4.69) is 21.8 Å². The van der Waals surface area contributed by atoms with Crippen LogP contribution in [0.4, 0.5) is 0 Å². The second-order valence-corrected chi connectivity index (χ2v) is 8.04. The molecule has 0 aliphatic carbocycles. The monoisotopic (exact) mass is 447 g/mol. The maximum atomic E-state index is 11.6. The van der Waals surface area contributed by atoms with Crippen LogP contribution in [0.25, 0.3) is 5.57 Å². The van der Waals surface area contributed by atoms with Gasteiger partial charge in [-0.15, -0.1) is 0 Å². The van der Waals surface area contributed by atoms with Gasteiger partial charge >= 0.3 is 0 Å². The predicted octanol–water partition coefficient (Wildman–Crippen LogP) is 3.15. The van der Waals surface area contributed by atoms with Gasteiger partial charge in [-0.05, 0) is 61.7 Å². The number of ketones is 1. The lowest BCUT2D eigenvalue weighted by atomic mass is 10.0. The van der Waals surface area contributed by atoms with Crippen molar-refractivity contribution in [3.05, 3.63) is 78.6 Å². The van der Waals surface area contributed by atoms with Gasteiger partial charge in [0, 0.05) is 19.6 Å². The average molecular weight is 448 g/mol. The number of likely N-dealkylation sites (tertiary alicyclic amines) is 1. The molecule has 7 heteroatoms. The van der Waals surface area contributed by atoms with Crippen molar-refractivity contribution in [2.45, 2.75) is 13.3 Å². The largest absolute Gasteiger partial charge is 0.457 e. The maximum absolute atomic E-state index is 11.6. The van der Waals surface area contributed by atoms with E-state index in [9.17, 15) is 4.79 Å². The molecule has 1 aliphatic rings. The summed E-state index contributed by atoms with van der Waals surface area (Å²) in [6.45, 7) is 8.89. The highest BCUT2D eigenvalue weighted by Gasteiger charge is 2.23. The zero-order valence-electron chi connectivity index (χ0n) is 19.2. The first kappa shape index (κ1) is 24.1. The molecular weight excluding hydrogens is 414 g/mol. The standard InChI is InChI=1S/C26H33N5O2/c1-3-21(32)18-31-15-14-19(17-31)16-30-26(28)24(25(27)29-4-2)20-10-12-23(13-11-20)33-22-8-6-5-7-9-22/h3,5-13,19,29H,1,4,14-18,27H2,2H3,(H2,28,30)/t19-/m1/s1. The van der Waals surface area contributed by atoms with E-state index in [1.807, 2.05) is 61.5 Å². The van der Waals surface area contributed by atoms with Gasteiger partial charge in [-0.1, -0.05) is 36.9 Å². The molecule has 0 saturated carbocycles. The van der Waals surface area contributed by atoms with E-state index in [4.69, 9.17) is 16.2 Å². The van der Waals surface area contributed by atoms with Gasteiger partial charge in [0.15, 0.2) is 5.78 Å². The molecule has 0 amide bonds. The number of nitrogens with zero attached hydrogens (tertiary/aromatic N) is 2. The van der Waals surface area contributed by atoms with E-state index < -0.39 is 0 Å². The Kier molecular flexibility index (Phi) is 8.66. The van der Waals surface area contributed by atoms with Crippen LogP contribution in [-0.4, -0.2) is 49.2 Å². The average Bonchev–Trinajstić information content (AvgIpc) is 3.27. The minimum Gasteiger partial charge on any atom is -0.457 e. The highest BCUT2D eigenvalue weighted by atomic mass is 16.5. The Labute approximate surface area is 195 Å². The number of carbonyl (C=O) groups excluding carboxylic acids is 1. The Morgan fingerprint density at radius 2 is 1.88 bits per heavy atom. The molecule has 0 unspecified atom stereocenters. The Balaban J connectivity index is 1.71. The van der Waals surface area contributed by atoms with Gasteiger partial charge < -0.3 is 21.5 Å². The fraction of sp³-hybridized carbons (Fsp3) is 0.308. The summed E-state index contributed by atoms with van der Waals surface area (Å²) < 4.78 is 5.88. The van der Waals surface area contributed by atoms with Crippen molar-refractivity contribution < 1.29 is 9.53 Å². The van der Waals surface area contributed by atoms with Gasteiger partial charge in [-0.3, -0.25) is 14.7 Å². The van der Waals surface area contributed by atoms with Crippen LogP contribution in [0.3, 0.4) is 0 Å². The van der Waals surface area contributed by atoms with Crippen LogP contribution in [0.15, 0.2) is 78.1 Å². The van der Waals surface area contributed by atoms with Gasteiger partial charge in [0.25, 0.3) is 0 Å². The number of benzene rings is 2. The highest BCUT2D eigenvalue weighted by molar-refractivity contribution is 6.22. The highest BCUT2D eigenvalue weighted by Crippen LogP contribution is 2.25. The van der Waals surface area contributed by atoms with Gasteiger partial charge in [0.05, 0.1) is 12.1 Å². The molecule has 1 saturated heterocycles. The molecule has 1 fully saturated rings. The van der Waals surface area contributed by atoms with E-state index in [1.165, 1.54) is 6.08 Å². The molecule has 2 aromatic rings. The summed E-state index contributed by atoms with van der Waals surface area (Å²) in [5, 5.41) is 3.15. The first-order chi connectivity index (χ1) is 16.0. The summed E-state index contributed by atoms with van der Waals surface area (Å²) >= 11 is 0. The fourth-order valence-corrected chi connectivity index (χ4v) is 3.83. The number of carbonyl (C=O) groups is 1. The summed E-state index contributed by atoms with van der Waals surface area (Å²) in [6, 6.07) is 17.3. The van der Waals surface area contributed by atoms with Crippen molar-refractivity contribution in [1.29, 1.82) is 0 Å². The van der Waals surface area contributed by atoms with Crippen molar-refractivity contribution >= 4 is 17.2 Å². The molecule has 7 nitrogen and oxygen atoms in total. The quantitative estimate of drug-likeness (QED) is 0.278. The molecule has 0 bridgehead atoms. The smallest absolute Gasteiger partial charge is 0.169 e. The van der Waals surface area contributed by atoms with E-state index >= 15 is 0 Å². The van der Waals surface area contributed by atoms with Crippen LogP contribution in [0.2, 0.25) is 0 Å². The zero-order valence-corrected chi connectivity index (χ0v) is 19.2. The molecule has 0 spiro atoms. The van der Waals surface area contributed by atoms with Crippen molar-refractivity contribution in [3.63, 3.8) is 0 Å². The third-order valence-corrected chi connectivity index (χ3v) is 5.51. The Bertz CT molecular complexity index is 999. The van der Waals surface area contributed by atoms with Gasteiger partial charge in [0.1, 0.15) is 23.2 Å². The molecule has 0 aromatic heterocycles. The van der Waals surface area contributed by atoms with Crippen LogP contribution in [0, 0.1) is 5.92 Å². The van der Waals surface area contributed by atoms with E-state index in [0.717, 1.165) is 36.6 Å². The topological polar surface area (TPSA) is 106 Å². The SMILES string of the molecule is C=CC(=O)CN1CC[C@H](CN=C(N)C(=C(N)NCC)c2ccc(Oc3ccccc3)cc2)C1. The maximum Gasteiger partial charge on any atom is 0.169 e. The molecule has 0 radical (unpaired) electrons. The fourth-order valence-electron chi connectivity index (χ4n) is 3.83. The van der Waals surface area contributed by atoms with Crippen molar-refractivity contribution in [2.75, 3.05) is 32.7 Å². The summed E-state index contributed by atoms with van der Waals surface area (Å²) in [4.78, 5) is 18.4. The van der Waals surface area contributed by atoms with Crippen LogP contribution >= 0.6 is 0 Å². The number of para-hydroxylation sites is 1. The molecule has 3 rings (SSSR count). The molecule has 174 valence electrons. The van der Waals surface area contributed by atoms with Crippen LogP contribution in [0.1, 0.15) is 18.9 Å². The first-order valence-corrected chi connectivity index (χ1v) is 11.2. The lowest BCUT2D eigenvalue weighted by Crippen LogP contribution is -2.28. The molecule has 33 heavy (non-hydrogen) atoms. The summed E-state index contributed by atoms with van der Waals surface area (Å²) in [5.41, 5.74) is 14.3. The Hall–Kier alpha value is -3.58. The van der Waals surface area contributed by atoms with E-state index in [0.29, 0.717) is 42.8 Å². The predicted molar refractivity (Wildman–Crippen MR) is 134 cm³/mol. The lowest BCUT2D eigenvalue weighted by Gasteiger charge is -2.15. The number of nitrogens with two attached hydrogens (primary N) is 2. The zero-order chi connectivity index (χ0) is 23.6. The first-order valence-electron chi connectivity index (χ1n) is 11.2. The van der Waals surface area contributed by atoms with Crippen molar-refractivity contribution in [1.82, 2.24) is 10.2 Å². The van der Waals surface area contributed by atoms with Gasteiger partial charge in [0.2, 0.25) is 0 Å². The second-order valence-electron chi connectivity index (χ2n) is 8.04. The number of rotatable bonds is 11. The number of nitrogens with one attached hydrogen (secondary N) is 1. The number of hydrogen-bond donors (Lipinski definition) is 3. The molecule has 2 aromatic carbocycles. The number of hydrogen-bond acceptors (Lipinski definition) is 6. The summed E-state index contributed by atoms with van der Waals surface area (Å²) in [5.74, 6) is 2.77. The Morgan fingerprint density at radius 3 is 2.55 bits per heavy atom. The third-order valence-electron chi connectivity index (χ3n) is 5.51. The van der Waals surface area contributed by atoms with Gasteiger partial charge in [-0.25, -0.2) is 0 Å². The van der Waals surface area contributed by atoms with Gasteiger partial charge in [-0.2, -0.15) is 0 Å². The number of amidine groups is 1. The van der Waals surface area contributed by atoms with E-state index in [-0.39, 0.29) is 5.78 Å². The van der Waals surface area contributed by atoms with Crippen molar-refractivity contribution in [2.24, 2.45) is 22.4 Å². The van der Waals surface area contributed by atoms with Crippen LogP contribution in [-0.2, 0) is 4.79 Å². The third kappa shape index (κ3) is 6.95. The minimum atomic E-state index is 0.0435. The second kappa shape index (κ2) is 11.9.